The molecule has 0 amide bonds. The van der Waals surface area contributed by atoms with Gasteiger partial charge in [-0.15, -0.1) is 6.54 Å². The van der Waals surface area contributed by atoms with Crippen molar-refractivity contribution in [3.8, 4) is 0 Å². The van der Waals surface area contributed by atoms with Crippen LogP contribution in [0.1, 0.15) is 27.2 Å². The van der Waals surface area contributed by atoms with Crippen molar-refractivity contribution in [1.29, 1.82) is 0 Å². The Balaban J connectivity index is -0.000000149. The molecule has 10 heavy (non-hydrogen) atoms. The van der Waals surface area contributed by atoms with Gasteiger partial charge in [0.1, 0.15) is 5.78 Å². The molecule has 0 atom stereocenters. The van der Waals surface area contributed by atoms with Gasteiger partial charge in [-0.3, -0.25) is 0 Å². The zero-order chi connectivity index (χ0) is 7.70. The third-order valence-electron chi connectivity index (χ3n) is 0.687. The Bertz CT molecular complexity index is 66.6. The van der Waals surface area contributed by atoms with Gasteiger partial charge in [-0.05, 0) is 13.3 Å². The van der Waals surface area contributed by atoms with Crippen LogP contribution in [-0.2, 0) is 4.79 Å². The molecule has 0 rings (SSSR count). The monoisotopic (exact) mass is 215 g/mol. The Hall–Kier alpha value is 1.44. The first-order chi connectivity index (χ1) is 4.27. The molecule has 0 unspecified atom stereocenters. The molecule has 0 heterocycles. The summed E-state index contributed by atoms with van der Waals surface area (Å²) in [5, 5.41) is 3.76. The number of rotatable bonds is 3. The minimum Gasteiger partial charge on any atom is -0.665 e. The van der Waals surface area contributed by atoms with Crippen LogP contribution >= 0.6 is 0 Å². The minimum atomic E-state index is 0. The smallest absolute Gasteiger partial charge is 0.665 e. The molecule has 3 heteroatoms. The summed E-state index contributed by atoms with van der Waals surface area (Å²) in [7, 11) is 1.71. The minimum absolute atomic E-state index is 0. The van der Waals surface area contributed by atoms with Crippen LogP contribution in [0, 0.1) is 0 Å². The fraction of sp³-hybridized carbons (Fsp3) is 0.857. The first-order valence-electron chi connectivity index (χ1n) is 3.32. The summed E-state index contributed by atoms with van der Waals surface area (Å²) >= 11 is 0. The van der Waals surface area contributed by atoms with Gasteiger partial charge in [0.2, 0.25) is 0 Å². The molecular weight excluding hydrogens is 200 g/mol. The fourth-order valence-electron chi connectivity index (χ4n) is 0.269. The van der Waals surface area contributed by atoms with Crippen LogP contribution in [0.15, 0.2) is 0 Å². The zero-order valence-corrected chi connectivity index (χ0v) is 12.7. The second kappa shape index (κ2) is 16.8. The Morgan fingerprint density at radius 2 is 1.80 bits per heavy atom. The Morgan fingerprint density at radius 3 is 1.90 bits per heavy atom. The van der Waals surface area contributed by atoms with Crippen LogP contribution in [0.25, 0.3) is 5.32 Å². The predicted molar refractivity (Wildman–Crippen MR) is 40.8 cm³/mol. The molecule has 2 nitrogen and oxygen atoms in total. The van der Waals surface area contributed by atoms with Crippen molar-refractivity contribution in [3.63, 3.8) is 0 Å². The summed E-state index contributed by atoms with van der Waals surface area (Å²) in [5.74, 6) is 0.214. The van der Waals surface area contributed by atoms with Crippen LogP contribution in [0.2, 0.25) is 0 Å². The van der Waals surface area contributed by atoms with E-state index in [0.717, 1.165) is 0 Å². The van der Waals surface area contributed by atoms with Crippen molar-refractivity contribution in [2.45, 2.75) is 27.2 Å². The van der Waals surface area contributed by atoms with Crippen LogP contribution in [-0.4, -0.2) is 19.4 Å². The van der Waals surface area contributed by atoms with Crippen LogP contribution < -0.4 is 58.2 Å². The number of nitrogens with zero attached hydrogens (tertiary/aromatic N) is 1. The van der Waals surface area contributed by atoms with Gasteiger partial charge in [-0.25, -0.2) is 0 Å². The topological polar surface area (TPSA) is 31.2 Å². The van der Waals surface area contributed by atoms with Crippen molar-refractivity contribution in [2.24, 2.45) is 0 Å². The van der Waals surface area contributed by atoms with Gasteiger partial charge in [0.15, 0.2) is 0 Å². The van der Waals surface area contributed by atoms with Gasteiger partial charge in [0.05, 0.1) is 0 Å². The van der Waals surface area contributed by atoms with Gasteiger partial charge < -0.3 is 10.1 Å². The van der Waals surface area contributed by atoms with E-state index in [1.165, 1.54) is 0 Å². The molecule has 56 valence electrons. The number of carbonyl (C=O) groups is 1. The van der Waals surface area contributed by atoms with E-state index >= 15 is 0 Å². The SMILES string of the molecule is CC.C[N-]CCC(C)=O.[Rb+]. The second-order valence-corrected chi connectivity index (χ2v) is 1.49. The molecule has 0 aliphatic heterocycles. The molecule has 0 aliphatic rings. The van der Waals surface area contributed by atoms with E-state index in [4.69, 9.17) is 0 Å². The van der Waals surface area contributed by atoms with Gasteiger partial charge in [0, 0.05) is 0 Å². The second-order valence-electron chi connectivity index (χ2n) is 1.49. The molecule has 0 aliphatic carbocycles. The van der Waals surface area contributed by atoms with Crippen molar-refractivity contribution in [2.75, 3.05) is 13.6 Å². The van der Waals surface area contributed by atoms with E-state index in [2.05, 4.69) is 5.32 Å². The summed E-state index contributed by atoms with van der Waals surface area (Å²) in [6.45, 7) is 6.25. The fourth-order valence-corrected chi connectivity index (χ4v) is 0.269. The number of hydrogen-bond acceptors (Lipinski definition) is 1. The molecule has 0 aromatic carbocycles. The molecule has 0 saturated heterocycles. The largest absolute Gasteiger partial charge is 1.00 e. The third kappa shape index (κ3) is 22.7. The van der Waals surface area contributed by atoms with Crippen LogP contribution in [0.5, 0.6) is 0 Å². The molecule has 0 aromatic heterocycles. The zero-order valence-electron chi connectivity index (χ0n) is 7.77. The van der Waals surface area contributed by atoms with E-state index in [9.17, 15) is 4.79 Å². The average molecular weight is 216 g/mol. The summed E-state index contributed by atoms with van der Waals surface area (Å²) in [6.07, 6.45) is 0.594. The van der Waals surface area contributed by atoms with E-state index < -0.39 is 0 Å². The van der Waals surface area contributed by atoms with Crippen LogP contribution in [0.4, 0.5) is 0 Å². The summed E-state index contributed by atoms with van der Waals surface area (Å²) in [6, 6.07) is 0. The predicted octanol–water partition coefficient (Wildman–Crippen LogP) is -1.00. The maximum absolute atomic E-state index is 10.1. The third-order valence-corrected chi connectivity index (χ3v) is 0.687. The Labute approximate surface area is 113 Å². The van der Waals surface area contributed by atoms with Crippen molar-refractivity contribution < 1.29 is 63.0 Å². The standard InChI is InChI=1S/C5H10NO.C2H6.Rb/c1-5(7)3-4-6-2;1-2;/h3-4H2,1-2H3;1-2H3;/q-1;;+1. The van der Waals surface area contributed by atoms with Gasteiger partial charge in [-0.2, -0.15) is 7.05 Å². The first-order valence-corrected chi connectivity index (χ1v) is 3.32. The summed E-state index contributed by atoms with van der Waals surface area (Å²) in [5.41, 5.74) is 0. The molecule has 0 fully saturated rings. The van der Waals surface area contributed by atoms with Crippen molar-refractivity contribution in [1.82, 2.24) is 0 Å². The Kier molecular flexibility index (Phi) is 29.4. The molecular formula is C7H16NORb. The molecule has 0 radical (unpaired) electrons. The molecule has 0 spiro atoms. The Morgan fingerprint density at radius 1 is 1.40 bits per heavy atom. The summed E-state index contributed by atoms with van der Waals surface area (Å²) in [4.78, 5) is 10.1. The van der Waals surface area contributed by atoms with Gasteiger partial charge >= 0.3 is 58.2 Å². The molecule has 0 N–H and O–H groups in total. The quantitative estimate of drug-likeness (QED) is 0.594. The van der Waals surface area contributed by atoms with E-state index in [0.29, 0.717) is 13.0 Å². The van der Waals surface area contributed by atoms with Crippen molar-refractivity contribution in [3.05, 3.63) is 5.32 Å². The van der Waals surface area contributed by atoms with E-state index in [-0.39, 0.29) is 64.0 Å². The average Bonchev–Trinajstić information content (AvgIpc) is 1.88. The van der Waals surface area contributed by atoms with Gasteiger partial charge in [0.25, 0.3) is 0 Å². The van der Waals surface area contributed by atoms with Crippen LogP contribution in [0.3, 0.4) is 0 Å². The normalized spacial score (nSPS) is 6.80. The number of carbonyl (C=O) groups excluding carboxylic acids is 1. The number of hydrogen-bond donors (Lipinski definition) is 0. The van der Waals surface area contributed by atoms with Gasteiger partial charge in [-0.1, -0.05) is 13.8 Å². The summed E-state index contributed by atoms with van der Waals surface area (Å²) < 4.78 is 0. The van der Waals surface area contributed by atoms with E-state index in [1.54, 1.807) is 14.0 Å². The number of ketones is 1. The molecule has 0 aromatic rings. The number of Topliss-reactive ketones (excluding diaryl/α,β-unsaturated/α-hetero) is 1. The maximum atomic E-state index is 10.1. The molecule has 0 saturated carbocycles. The first kappa shape index (κ1) is 17.5. The molecule has 0 bridgehead atoms. The van der Waals surface area contributed by atoms with E-state index in [1.807, 2.05) is 13.8 Å². The van der Waals surface area contributed by atoms with Crippen molar-refractivity contribution >= 4 is 5.78 Å². The maximum Gasteiger partial charge on any atom is 1.00 e.